The van der Waals surface area contributed by atoms with E-state index in [1.54, 1.807) is 32.4 Å². The molecular weight excluding hydrogens is 250 g/mol. The van der Waals surface area contributed by atoms with Crippen LogP contribution in [0.1, 0.15) is 10.4 Å². The molecule has 0 amide bonds. The molecule has 18 heavy (non-hydrogen) atoms. The molecule has 0 aliphatic heterocycles. The van der Waals surface area contributed by atoms with Crippen LogP contribution in [-0.4, -0.2) is 25.1 Å². The number of thiophene rings is 1. The first kappa shape index (κ1) is 12.4. The third-order valence-electron chi connectivity index (χ3n) is 2.52. The SMILES string of the molecule is COc1ccc(OC)c(/C(=N\O)c2cccs2)c1. The highest BCUT2D eigenvalue weighted by atomic mass is 32.1. The monoisotopic (exact) mass is 263 g/mol. The molecule has 1 aromatic carbocycles. The Balaban J connectivity index is 2.54. The average Bonchev–Trinajstić information content (AvgIpc) is 2.93. The van der Waals surface area contributed by atoms with Gasteiger partial charge in [0.25, 0.3) is 0 Å². The fourth-order valence-corrected chi connectivity index (χ4v) is 2.37. The Morgan fingerprint density at radius 2 is 2.06 bits per heavy atom. The van der Waals surface area contributed by atoms with Gasteiger partial charge in [-0.15, -0.1) is 11.3 Å². The molecule has 1 N–H and O–H groups in total. The largest absolute Gasteiger partial charge is 0.497 e. The van der Waals surface area contributed by atoms with E-state index in [2.05, 4.69) is 5.16 Å². The zero-order valence-corrected chi connectivity index (χ0v) is 10.9. The summed E-state index contributed by atoms with van der Waals surface area (Å²) in [5.41, 5.74) is 1.17. The van der Waals surface area contributed by atoms with Crippen molar-refractivity contribution < 1.29 is 14.7 Å². The number of ether oxygens (including phenoxy) is 2. The predicted octanol–water partition coefficient (Wildman–Crippen LogP) is 2.99. The van der Waals surface area contributed by atoms with Gasteiger partial charge in [-0.25, -0.2) is 0 Å². The number of nitrogens with zero attached hydrogens (tertiary/aromatic N) is 1. The molecule has 0 unspecified atom stereocenters. The van der Waals surface area contributed by atoms with Crippen LogP contribution in [-0.2, 0) is 0 Å². The molecule has 2 rings (SSSR count). The fourth-order valence-electron chi connectivity index (χ4n) is 1.65. The quantitative estimate of drug-likeness (QED) is 0.524. The summed E-state index contributed by atoms with van der Waals surface area (Å²) >= 11 is 1.50. The Kier molecular flexibility index (Phi) is 3.84. The third kappa shape index (κ3) is 2.31. The van der Waals surface area contributed by atoms with Crippen LogP contribution in [0.25, 0.3) is 0 Å². The van der Waals surface area contributed by atoms with Gasteiger partial charge in [-0.3, -0.25) is 0 Å². The second-order valence-corrected chi connectivity index (χ2v) is 4.44. The maximum absolute atomic E-state index is 9.23. The molecule has 0 fully saturated rings. The van der Waals surface area contributed by atoms with E-state index in [0.29, 0.717) is 22.8 Å². The number of rotatable bonds is 4. The van der Waals surface area contributed by atoms with Gasteiger partial charge >= 0.3 is 0 Å². The highest BCUT2D eigenvalue weighted by molar-refractivity contribution is 7.12. The van der Waals surface area contributed by atoms with E-state index in [-0.39, 0.29) is 0 Å². The molecule has 1 heterocycles. The Morgan fingerprint density at radius 3 is 2.61 bits per heavy atom. The molecule has 0 saturated carbocycles. The van der Waals surface area contributed by atoms with Gasteiger partial charge in [0, 0.05) is 0 Å². The summed E-state index contributed by atoms with van der Waals surface area (Å²) in [6.45, 7) is 0. The summed E-state index contributed by atoms with van der Waals surface area (Å²) in [5, 5.41) is 14.5. The predicted molar refractivity (Wildman–Crippen MR) is 71.3 cm³/mol. The van der Waals surface area contributed by atoms with Gasteiger partial charge in [0.2, 0.25) is 0 Å². The topological polar surface area (TPSA) is 51.0 Å². The average molecular weight is 263 g/mol. The van der Waals surface area contributed by atoms with Crippen LogP contribution in [0.2, 0.25) is 0 Å². The van der Waals surface area contributed by atoms with Crippen LogP contribution in [0.3, 0.4) is 0 Å². The van der Waals surface area contributed by atoms with Gasteiger partial charge in [-0.1, -0.05) is 11.2 Å². The van der Waals surface area contributed by atoms with Gasteiger partial charge < -0.3 is 14.7 Å². The molecule has 94 valence electrons. The second kappa shape index (κ2) is 5.55. The zero-order valence-electron chi connectivity index (χ0n) is 10.1. The molecule has 5 heteroatoms. The number of oxime groups is 1. The number of hydrogen-bond acceptors (Lipinski definition) is 5. The summed E-state index contributed by atoms with van der Waals surface area (Å²) in [6.07, 6.45) is 0. The first-order valence-electron chi connectivity index (χ1n) is 5.28. The molecule has 0 atom stereocenters. The standard InChI is InChI=1S/C13H13NO3S/c1-16-9-5-6-11(17-2)10(8-9)13(14-15)12-4-3-7-18-12/h3-8,15H,1-2H3/b14-13+. The summed E-state index contributed by atoms with van der Waals surface area (Å²) in [7, 11) is 3.17. The highest BCUT2D eigenvalue weighted by Crippen LogP contribution is 2.28. The molecular formula is C13H13NO3S. The molecule has 0 saturated heterocycles. The lowest BCUT2D eigenvalue weighted by atomic mass is 10.1. The minimum atomic E-state index is 0.473. The van der Waals surface area contributed by atoms with Gasteiger partial charge in [-0.05, 0) is 29.6 Å². The van der Waals surface area contributed by atoms with Crippen LogP contribution in [0, 0.1) is 0 Å². The van der Waals surface area contributed by atoms with Crippen molar-refractivity contribution >= 4 is 17.0 Å². The van der Waals surface area contributed by atoms with Gasteiger partial charge in [0.05, 0.1) is 24.7 Å². The van der Waals surface area contributed by atoms with Crippen molar-refractivity contribution in [3.63, 3.8) is 0 Å². The van der Waals surface area contributed by atoms with Crippen molar-refractivity contribution in [2.45, 2.75) is 0 Å². The molecule has 1 aromatic heterocycles. The Hall–Kier alpha value is -2.01. The molecule has 0 radical (unpaired) electrons. The van der Waals surface area contributed by atoms with Gasteiger partial charge in [0.1, 0.15) is 17.2 Å². The van der Waals surface area contributed by atoms with E-state index < -0.39 is 0 Å². The summed E-state index contributed by atoms with van der Waals surface area (Å²) in [4.78, 5) is 0.865. The van der Waals surface area contributed by atoms with Gasteiger partial charge in [0.15, 0.2) is 0 Å². The van der Waals surface area contributed by atoms with Crippen molar-refractivity contribution in [1.29, 1.82) is 0 Å². The van der Waals surface area contributed by atoms with Crippen LogP contribution in [0.15, 0.2) is 40.9 Å². The van der Waals surface area contributed by atoms with E-state index in [4.69, 9.17) is 9.47 Å². The summed E-state index contributed by atoms with van der Waals surface area (Å²) < 4.78 is 10.5. The van der Waals surface area contributed by atoms with Crippen molar-refractivity contribution in [2.75, 3.05) is 14.2 Å². The van der Waals surface area contributed by atoms with Crippen molar-refractivity contribution in [2.24, 2.45) is 5.16 Å². The van der Waals surface area contributed by atoms with Crippen LogP contribution in [0.5, 0.6) is 11.5 Å². The van der Waals surface area contributed by atoms with Crippen LogP contribution < -0.4 is 9.47 Å². The molecule has 0 aliphatic carbocycles. The Morgan fingerprint density at radius 1 is 1.22 bits per heavy atom. The smallest absolute Gasteiger partial charge is 0.130 e. The van der Waals surface area contributed by atoms with Crippen molar-refractivity contribution in [1.82, 2.24) is 0 Å². The lowest BCUT2D eigenvalue weighted by Crippen LogP contribution is -2.04. The minimum Gasteiger partial charge on any atom is -0.497 e. The molecule has 0 spiro atoms. The third-order valence-corrected chi connectivity index (χ3v) is 3.39. The number of hydrogen-bond donors (Lipinski definition) is 1. The number of benzene rings is 1. The lowest BCUT2D eigenvalue weighted by Gasteiger charge is -2.10. The second-order valence-electron chi connectivity index (χ2n) is 3.49. The van der Waals surface area contributed by atoms with E-state index in [1.807, 2.05) is 17.5 Å². The molecule has 0 bridgehead atoms. The van der Waals surface area contributed by atoms with Crippen molar-refractivity contribution in [3.05, 3.63) is 46.2 Å². The molecule has 2 aromatic rings. The maximum atomic E-state index is 9.23. The molecule has 0 aliphatic rings. The minimum absolute atomic E-state index is 0.473. The Labute approximate surface area is 109 Å². The maximum Gasteiger partial charge on any atom is 0.130 e. The number of methoxy groups -OCH3 is 2. The summed E-state index contributed by atoms with van der Waals surface area (Å²) in [5.74, 6) is 1.32. The van der Waals surface area contributed by atoms with Crippen molar-refractivity contribution in [3.8, 4) is 11.5 Å². The first-order chi connectivity index (χ1) is 8.80. The normalized spacial score (nSPS) is 11.3. The van der Waals surface area contributed by atoms with E-state index in [1.165, 1.54) is 11.3 Å². The lowest BCUT2D eigenvalue weighted by molar-refractivity contribution is 0.319. The highest BCUT2D eigenvalue weighted by Gasteiger charge is 2.15. The first-order valence-corrected chi connectivity index (χ1v) is 6.16. The van der Waals surface area contributed by atoms with Crippen LogP contribution >= 0.6 is 11.3 Å². The van der Waals surface area contributed by atoms with E-state index in [0.717, 1.165) is 4.88 Å². The zero-order chi connectivity index (χ0) is 13.0. The van der Waals surface area contributed by atoms with Crippen LogP contribution in [0.4, 0.5) is 0 Å². The van der Waals surface area contributed by atoms with E-state index >= 15 is 0 Å². The van der Waals surface area contributed by atoms with E-state index in [9.17, 15) is 5.21 Å². The summed E-state index contributed by atoms with van der Waals surface area (Å²) in [6, 6.07) is 9.16. The fraction of sp³-hybridized carbons (Fsp3) is 0.154. The molecule has 4 nitrogen and oxygen atoms in total. The van der Waals surface area contributed by atoms with Gasteiger partial charge in [-0.2, -0.15) is 0 Å². The Bertz CT molecular complexity index is 549.